The van der Waals surface area contributed by atoms with Gasteiger partial charge in [-0.3, -0.25) is 0 Å². The zero-order valence-electron chi connectivity index (χ0n) is 38.9. The van der Waals surface area contributed by atoms with E-state index in [0.29, 0.717) is 0 Å². The first-order valence-electron chi connectivity index (χ1n) is 24.2. The Morgan fingerprint density at radius 3 is 1.32 bits per heavy atom. The number of rotatable bonds is 10. The summed E-state index contributed by atoms with van der Waals surface area (Å²) in [6.45, 7) is 0. The molecule has 334 valence electrons. The molecule has 0 saturated carbocycles. The van der Waals surface area contributed by atoms with Crippen molar-refractivity contribution in [3.05, 3.63) is 279 Å². The molecule has 0 aliphatic carbocycles. The third-order valence-corrected chi connectivity index (χ3v) is 15.0. The normalized spacial score (nSPS) is 11.4. The summed E-state index contributed by atoms with van der Waals surface area (Å²) in [6.07, 6.45) is 0. The van der Waals surface area contributed by atoms with Gasteiger partial charge < -0.3 is 9.80 Å². The molecule has 1 heterocycles. The number of hydrogen-bond acceptors (Lipinski definition) is 3. The third-order valence-electron chi connectivity index (χ3n) is 13.9. The van der Waals surface area contributed by atoms with Gasteiger partial charge in [-0.1, -0.05) is 212 Å². The van der Waals surface area contributed by atoms with Crippen LogP contribution in [0.15, 0.2) is 279 Å². The second kappa shape index (κ2) is 18.1. The lowest BCUT2D eigenvalue weighted by molar-refractivity contribution is 1.27. The Balaban J connectivity index is 0.997. The van der Waals surface area contributed by atoms with E-state index in [1.54, 1.807) is 0 Å². The van der Waals surface area contributed by atoms with Crippen molar-refractivity contribution in [1.82, 2.24) is 0 Å². The molecule has 0 N–H and O–H groups in total. The number of nitrogens with zero attached hydrogens (tertiary/aromatic N) is 2. The topological polar surface area (TPSA) is 6.48 Å². The molecule has 13 rings (SSSR count). The van der Waals surface area contributed by atoms with Gasteiger partial charge >= 0.3 is 0 Å². The number of para-hydroxylation sites is 2. The molecular formula is C68H46N2S. The van der Waals surface area contributed by atoms with Gasteiger partial charge in [-0.25, -0.2) is 0 Å². The fourth-order valence-corrected chi connectivity index (χ4v) is 11.6. The maximum atomic E-state index is 2.45. The van der Waals surface area contributed by atoms with E-state index in [2.05, 4.69) is 289 Å². The summed E-state index contributed by atoms with van der Waals surface area (Å²) in [7, 11) is 0. The zero-order valence-corrected chi connectivity index (χ0v) is 39.7. The largest absolute Gasteiger partial charge is 0.310 e. The molecule has 2 nitrogen and oxygen atoms in total. The molecule has 0 fully saturated rings. The molecule has 0 radical (unpaired) electrons. The Morgan fingerprint density at radius 1 is 0.239 bits per heavy atom. The lowest BCUT2D eigenvalue weighted by Crippen LogP contribution is -2.13. The van der Waals surface area contributed by atoms with Crippen molar-refractivity contribution >= 4 is 87.2 Å². The highest BCUT2D eigenvalue weighted by molar-refractivity contribution is 7.26. The van der Waals surface area contributed by atoms with E-state index in [0.717, 1.165) is 50.8 Å². The summed E-state index contributed by atoms with van der Waals surface area (Å²) >= 11 is 1.87. The Morgan fingerprint density at radius 2 is 0.690 bits per heavy atom. The highest BCUT2D eigenvalue weighted by Crippen LogP contribution is 2.49. The molecule has 13 aromatic rings. The summed E-state index contributed by atoms with van der Waals surface area (Å²) in [6, 6.07) is 102. The van der Waals surface area contributed by atoms with Crippen LogP contribution in [0.1, 0.15) is 0 Å². The Bertz CT molecular complexity index is 4040. The maximum absolute atomic E-state index is 2.45. The molecule has 3 heteroatoms. The second-order valence-corrected chi connectivity index (χ2v) is 19.1. The molecule has 0 saturated heterocycles. The number of benzene rings is 12. The van der Waals surface area contributed by atoms with Crippen LogP contribution in [0.4, 0.5) is 34.1 Å². The van der Waals surface area contributed by atoms with Gasteiger partial charge in [-0.05, 0) is 122 Å². The molecule has 0 aliphatic rings. The van der Waals surface area contributed by atoms with Crippen LogP contribution >= 0.6 is 11.3 Å². The molecule has 0 atom stereocenters. The van der Waals surface area contributed by atoms with Crippen LogP contribution in [0, 0.1) is 0 Å². The van der Waals surface area contributed by atoms with Gasteiger partial charge in [0, 0.05) is 54.0 Å². The van der Waals surface area contributed by atoms with Gasteiger partial charge in [0.25, 0.3) is 0 Å². The van der Waals surface area contributed by atoms with E-state index >= 15 is 0 Å². The smallest absolute Gasteiger partial charge is 0.0540 e. The molecule has 0 spiro atoms. The molecular weight excluding hydrogens is 877 g/mol. The Hall–Kier alpha value is -9.02. The van der Waals surface area contributed by atoms with Crippen molar-refractivity contribution < 1.29 is 0 Å². The lowest BCUT2D eigenvalue weighted by atomic mass is 9.96. The van der Waals surface area contributed by atoms with Crippen molar-refractivity contribution in [2.24, 2.45) is 0 Å². The summed E-state index contributed by atoms with van der Waals surface area (Å²) in [4.78, 5) is 4.88. The average molecular weight is 923 g/mol. The average Bonchev–Trinajstić information content (AvgIpc) is 3.83. The highest BCUT2D eigenvalue weighted by Gasteiger charge is 2.24. The van der Waals surface area contributed by atoms with Crippen LogP contribution in [-0.2, 0) is 0 Å². The van der Waals surface area contributed by atoms with Crippen LogP contribution in [-0.4, -0.2) is 0 Å². The van der Waals surface area contributed by atoms with E-state index < -0.39 is 0 Å². The van der Waals surface area contributed by atoms with Gasteiger partial charge in [0.15, 0.2) is 0 Å². The summed E-state index contributed by atoms with van der Waals surface area (Å²) in [5.74, 6) is 0. The van der Waals surface area contributed by atoms with E-state index in [1.807, 2.05) is 11.3 Å². The van der Waals surface area contributed by atoms with Gasteiger partial charge in [0.1, 0.15) is 0 Å². The molecule has 1 aromatic heterocycles. The zero-order chi connectivity index (χ0) is 47.1. The summed E-state index contributed by atoms with van der Waals surface area (Å²) in [5.41, 5.74) is 15.8. The number of anilines is 6. The minimum atomic E-state index is 1.07. The first kappa shape index (κ1) is 42.1. The summed E-state index contributed by atoms with van der Waals surface area (Å²) in [5, 5.41) is 7.62. The Kier molecular flexibility index (Phi) is 10.8. The molecule has 71 heavy (non-hydrogen) atoms. The highest BCUT2D eigenvalue weighted by atomic mass is 32.1. The van der Waals surface area contributed by atoms with Gasteiger partial charge in [0.05, 0.1) is 11.4 Å². The summed E-state index contributed by atoms with van der Waals surface area (Å²) < 4.78 is 2.55. The molecule has 12 aromatic carbocycles. The van der Waals surface area contributed by atoms with E-state index in [4.69, 9.17) is 0 Å². The van der Waals surface area contributed by atoms with E-state index in [9.17, 15) is 0 Å². The van der Waals surface area contributed by atoms with E-state index in [-0.39, 0.29) is 0 Å². The number of thiophene rings is 1. The van der Waals surface area contributed by atoms with Crippen LogP contribution in [0.25, 0.3) is 86.2 Å². The minimum absolute atomic E-state index is 1.07. The second-order valence-electron chi connectivity index (χ2n) is 18.1. The maximum Gasteiger partial charge on any atom is 0.0540 e. The first-order chi connectivity index (χ1) is 35.2. The SMILES string of the molecule is c1ccc(-c2ccc(N(c3cccc(-c4cccc5ccccc45)c3)c3ccccc3-c3ccccc3N(c3ccc(-c4ccccc4)cc3)c3ccc4c(c3)sc3ccc5ccccc5c34)cc2)cc1. The number of fused-ring (bicyclic) bond motifs is 6. The van der Waals surface area contributed by atoms with Gasteiger partial charge in [0.2, 0.25) is 0 Å². The number of hydrogen-bond donors (Lipinski definition) is 0. The van der Waals surface area contributed by atoms with Crippen molar-refractivity contribution in [2.45, 2.75) is 0 Å². The fourth-order valence-electron chi connectivity index (χ4n) is 10.5. The van der Waals surface area contributed by atoms with Gasteiger partial charge in [-0.2, -0.15) is 0 Å². The predicted octanol–water partition coefficient (Wildman–Crippen LogP) is 20.0. The lowest BCUT2D eigenvalue weighted by Gasteiger charge is -2.31. The van der Waals surface area contributed by atoms with Crippen LogP contribution in [0.3, 0.4) is 0 Å². The molecule has 0 amide bonds. The van der Waals surface area contributed by atoms with Crippen molar-refractivity contribution in [3.63, 3.8) is 0 Å². The third kappa shape index (κ3) is 7.79. The van der Waals surface area contributed by atoms with Crippen LogP contribution in [0.2, 0.25) is 0 Å². The fraction of sp³-hybridized carbons (Fsp3) is 0. The van der Waals surface area contributed by atoms with E-state index in [1.165, 1.54) is 69.5 Å². The minimum Gasteiger partial charge on any atom is -0.310 e. The molecule has 0 unspecified atom stereocenters. The quantitative estimate of drug-likeness (QED) is 0.135. The van der Waals surface area contributed by atoms with Gasteiger partial charge in [-0.15, -0.1) is 11.3 Å². The first-order valence-corrected chi connectivity index (χ1v) is 25.1. The van der Waals surface area contributed by atoms with Crippen molar-refractivity contribution in [1.29, 1.82) is 0 Å². The van der Waals surface area contributed by atoms with Crippen LogP contribution in [0.5, 0.6) is 0 Å². The standard InChI is InChI=1S/C68H46N2S/c1-3-17-47(18-4-1)49-33-38-54(39-34-49)69(56-25-15-24-53(45-56)59-30-16-23-51-21-7-9-26-58(51)59)64-31-13-11-28-61(64)62-29-12-14-32-65(62)70(55-40-35-50(36-41-55)48-19-5-2-6-20-48)57-42-43-63-67(46-57)71-66-44-37-52-22-8-10-27-60(52)68(63)66/h1-46H. The molecule has 0 aliphatic heterocycles. The van der Waals surface area contributed by atoms with Crippen LogP contribution < -0.4 is 9.80 Å². The van der Waals surface area contributed by atoms with Crippen molar-refractivity contribution in [2.75, 3.05) is 9.80 Å². The van der Waals surface area contributed by atoms with Crippen molar-refractivity contribution in [3.8, 4) is 44.5 Å². The molecule has 0 bridgehead atoms. The Labute approximate surface area is 418 Å². The monoisotopic (exact) mass is 922 g/mol. The predicted molar refractivity (Wildman–Crippen MR) is 305 cm³/mol.